The SMILES string of the molecule is CC(C)(C)OC(=O)N1CCc2nc(NC(=O)c3ccccc3-n3cccn3)sc2C1. The molecule has 1 aromatic carbocycles. The molecule has 0 saturated carbocycles. The van der Waals surface area contributed by atoms with Crippen molar-refractivity contribution in [3.05, 3.63) is 58.9 Å². The second kappa shape index (κ2) is 7.91. The minimum Gasteiger partial charge on any atom is -0.444 e. The summed E-state index contributed by atoms with van der Waals surface area (Å²) < 4.78 is 7.12. The van der Waals surface area contributed by atoms with Gasteiger partial charge in [-0.05, 0) is 39.0 Å². The summed E-state index contributed by atoms with van der Waals surface area (Å²) in [7, 11) is 0. The molecule has 0 aliphatic carbocycles. The smallest absolute Gasteiger partial charge is 0.410 e. The zero-order chi connectivity index (χ0) is 21.3. The minimum atomic E-state index is -0.536. The molecular formula is C21H23N5O3S. The number of benzene rings is 1. The molecule has 0 saturated heterocycles. The number of ether oxygens (including phenoxy) is 1. The molecule has 2 amide bonds. The molecule has 0 atom stereocenters. The summed E-state index contributed by atoms with van der Waals surface area (Å²) in [5.41, 5.74) is 1.57. The van der Waals surface area contributed by atoms with Crippen LogP contribution in [-0.4, -0.2) is 43.8 Å². The third-order valence-electron chi connectivity index (χ3n) is 4.50. The monoisotopic (exact) mass is 425 g/mol. The van der Waals surface area contributed by atoms with Crippen molar-refractivity contribution >= 4 is 28.5 Å². The number of anilines is 1. The van der Waals surface area contributed by atoms with E-state index in [0.29, 0.717) is 35.9 Å². The van der Waals surface area contributed by atoms with Crippen molar-refractivity contribution in [3.63, 3.8) is 0 Å². The van der Waals surface area contributed by atoms with Gasteiger partial charge in [-0.3, -0.25) is 10.1 Å². The normalized spacial score (nSPS) is 13.6. The molecule has 0 radical (unpaired) electrons. The van der Waals surface area contributed by atoms with Gasteiger partial charge in [0.1, 0.15) is 5.60 Å². The van der Waals surface area contributed by atoms with Crippen molar-refractivity contribution in [2.75, 3.05) is 11.9 Å². The number of carbonyl (C=O) groups excluding carboxylic acids is 2. The number of aromatic nitrogens is 3. The molecule has 1 aliphatic rings. The number of nitrogens with one attached hydrogen (secondary N) is 1. The number of thiazole rings is 1. The number of hydrogen-bond donors (Lipinski definition) is 1. The van der Waals surface area contributed by atoms with Crippen LogP contribution in [0.4, 0.5) is 9.93 Å². The van der Waals surface area contributed by atoms with Crippen molar-refractivity contribution in [1.82, 2.24) is 19.7 Å². The number of para-hydroxylation sites is 1. The van der Waals surface area contributed by atoms with Crippen molar-refractivity contribution in [3.8, 4) is 5.69 Å². The predicted molar refractivity (Wildman–Crippen MR) is 114 cm³/mol. The van der Waals surface area contributed by atoms with E-state index in [1.54, 1.807) is 34.1 Å². The third-order valence-corrected chi connectivity index (χ3v) is 5.50. The summed E-state index contributed by atoms with van der Waals surface area (Å²) in [6.45, 7) is 6.52. The summed E-state index contributed by atoms with van der Waals surface area (Å²) in [5, 5.41) is 7.63. The number of rotatable bonds is 3. The molecule has 3 aromatic rings. The Kier molecular flexibility index (Phi) is 5.29. The van der Waals surface area contributed by atoms with Gasteiger partial charge in [0.25, 0.3) is 5.91 Å². The van der Waals surface area contributed by atoms with E-state index in [2.05, 4.69) is 15.4 Å². The lowest BCUT2D eigenvalue weighted by molar-refractivity contribution is 0.0225. The zero-order valence-electron chi connectivity index (χ0n) is 17.1. The number of carbonyl (C=O) groups is 2. The average molecular weight is 426 g/mol. The fourth-order valence-corrected chi connectivity index (χ4v) is 4.19. The zero-order valence-corrected chi connectivity index (χ0v) is 17.9. The van der Waals surface area contributed by atoms with E-state index in [9.17, 15) is 9.59 Å². The molecule has 0 bridgehead atoms. The molecule has 8 nitrogen and oxygen atoms in total. The average Bonchev–Trinajstić information content (AvgIpc) is 3.35. The molecule has 30 heavy (non-hydrogen) atoms. The topological polar surface area (TPSA) is 89.4 Å². The number of fused-ring (bicyclic) bond motifs is 1. The van der Waals surface area contributed by atoms with Gasteiger partial charge < -0.3 is 9.64 Å². The number of hydrogen-bond acceptors (Lipinski definition) is 6. The standard InChI is InChI=1S/C21H23N5O3S/c1-21(2,3)29-20(28)25-12-9-15-17(13-25)30-19(23-15)24-18(27)14-7-4-5-8-16(14)26-11-6-10-22-26/h4-8,10-11H,9,12-13H2,1-3H3,(H,23,24,27). The lowest BCUT2D eigenvalue weighted by Crippen LogP contribution is -2.39. The summed E-state index contributed by atoms with van der Waals surface area (Å²) in [6.07, 6.45) is 3.75. The minimum absolute atomic E-state index is 0.254. The first-order valence-corrected chi connectivity index (χ1v) is 10.5. The van der Waals surface area contributed by atoms with Crippen LogP contribution in [-0.2, 0) is 17.7 Å². The highest BCUT2D eigenvalue weighted by Gasteiger charge is 2.28. The number of nitrogens with zero attached hydrogens (tertiary/aromatic N) is 4. The maximum Gasteiger partial charge on any atom is 0.410 e. The van der Waals surface area contributed by atoms with Crippen molar-refractivity contribution < 1.29 is 14.3 Å². The second-order valence-electron chi connectivity index (χ2n) is 7.96. The largest absolute Gasteiger partial charge is 0.444 e. The van der Waals surface area contributed by atoms with Crippen LogP contribution in [0.25, 0.3) is 5.69 Å². The fourth-order valence-electron chi connectivity index (χ4n) is 3.17. The molecule has 1 aliphatic heterocycles. The Morgan fingerprint density at radius 3 is 2.73 bits per heavy atom. The van der Waals surface area contributed by atoms with Crippen LogP contribution in [0.1, 0.15) is 41.7 Å². The molecule has 0 spiro atoms. The van der Waals surface area contributed by atoms with Crippen LogP contribution < -0.4 is 5.32 Å². The van der Waals surface area contributed by atoms with Gasteiger partial charge in [-0.1, -0.05) is 23.5 Å². The number of amides is 2. The van der Waals surface area contributed by atoms with Gasteiger partial charge in [-0.15, -0.1) is 0 Å². The summed E-state index contributed by atoms with van der Waals surface area (Å²) in [5.74, 6) is -0.254. The molecule has 3 heterocycles. The molecule has 156 valence electrons. The third kappa shape index (κ3) is 4.35. The van der Waals surface area contributed by atoms with Crippen molar-refractivity contribution in [1.29, 1.82) is 0 Å². The predicted octanol–water partition coefficient (Wildman–Crippen LogP) is 3.87. The van der Waals surface area contributed by atoms with Crippen LogP contribution in [0.2, 0.25) is 0 Å². The Balaban J connectivity index is 1.48. The Labute approximate surface area is 178 Å². The quantitative estimate of drug-likeness (QED) is 0.688. The molecule has 0 fully saturated rings. The van der Waals surface area contributed by atoms with Crippen LogP contribution in [0, 0.1) is 0 Å². The van der Waals surface area contributed by atoms with Gasteiger partial charge in [-0.2, -0.15) is 5.10 Å². The van der Waals surface area contributed by atoms with E-state index in [1.807, 2.05) is 39.0 Å². The van der Waals surface area contributed by atoms with Gasteiger partial charge in [0.15, 0.2) is 5.13 Å². The molecular weight excluding hydrogens is 402 g/mol. The van der Waals surface area contributed by atoms with Crippen LogP contribution in [0.15, 0.2) is 42.7 Å². The van der Waals surface area contributed by atoms with Gasteiger partial charge in [0.2, 0.25) is 0 Å². The molecule has 9 heteroatoms. The molecule has 0 unspecified atom stereocenters. The van der Waals surface area contributed by atoms with Crippen molar-refractivity contribution in [2.24, 2.45) is 0 Å². The van der Waals surface area contributed by atoms with E-state index >= 15 is 0 Å². The van der Waals surface area contributed by atoms with E-state index in [4.69, 9.17) is 4.74 Å². The first kappa shape index (κ1) is 20.1. The van der Waals surface area contributed by atoms with Gasteiger partial charge in [0.05, 0.1) is 23.5 Å². The summed E-state index contributed by atoms with van der Waals surface area (Å²) >= 11 is 1.39. The molecule has 1 N–H and O–H groups in total. The first-order chi connectivity index (χ1) is 14.3. The maximum atomic E-state index is 12.9. The van der Waals surface area contributed by atoms with Crippen molar-refractivity contribution in [2.45, 2.75) is 39.3 Å². The fraction of sp³-hybridized carbons (Fsp3) is 0.333. The lowest BCUT2D eigenvalue weighted by atomic mass is 10.1. The van der Waals surface area contributed by atoms with Gasteiger partial charge >= 0.3 is 6.09 Å². The summed E-state index contributed by atoms with van der Waals surface area (Å²) in [4.78, 5) is 32.4. The Hall–Kier alpha value is -3.20. The summed E-state index contributed by atoms with van der Waals surface area (Å²) in [6, 6.07) is 9.08. The highest BCUT2D eigenvalue weighted by Crippen LogP contribution is 2.29. The van der Waals surface area contributed by atoms with Crippen LogP contribution in [0.3, 0.4) is 0 Å². The van der Waals surface area contributed by atoms with Gasteiger partial charge in [-0.25, -0.2) is 14.5 Å². The first-order valence-electron chi connectivity index (χ1n) is 9.67. The molecule has 4 rings (SSSR count). The Morgan fingerprint density at radius 1 is 1.20 bits per heavy atom. The van der Waals surface area contributed by atoms with Gasteiger partial charge in [0, 0.05) is 30.2 Å². The van der Waals surface area contributed by atoms with E-state index in [1.165, 1.54) is 11.3 Å². The van der Waals surface area contributed by atoms with Crippen LogP contribution >= 0.6 is 11.3 Å². The van der Waals surface area contributed by atoms with E-state index in [0.717, 1.165) is 10.6 Å². The van der Waals surface area contributed by atoms with Crippen LogP contribution in [0.5, 0.6) is 0 Å². The van der Waals surface area contributed by atoms with E-state index in [-0.39, 0.29) is 12.0 Å². The second-order valence-corrected chi connectivity index (χ2v) is 9.05. The lowest BCUT2D eigenvalue weighted by Gasteiger charge is -2.29. The van der Waals surface area contributed by atoms with E-state index < -0.39 is 5.60 Å². The highest BCUT2D eigenvalue weighted by molar-refractivity contribution is 7.15. The maximum absolute atomic E-state index is 12.9. The highest BCUT2D eigenvalue weighted by atomic mass is 32.1. The Morgan fingerprint density at radius 2 is 2.00 bits per heavy atom. The Bertz CT molecular complexity index is 1070. The molecule has 2 aromatic heterocycles.